The van der Waals surface area contributed by atoms with Gasteiger partial charge in [0.05, 0.1) is 11.7 Å². The number of carbonyl (C=O) groups is 2. The van der Waals surface area contributed by atoms with Crippen molar-refractivity contribution in [1.82, 2.24) is 5.32 Å². The summed E-state index contributed by atoms with van der Waals surface area (Å²) >= 11 is 0. The lowest BCUT2D eigenvalue weighted by Crippen LogP contribution is -2.41. The molecule has 0 saturated carbocycles. The van der Waals surface area contributed by atoms with Crippen molar-refractivity contribution in [1.29, 1.82) is 0 Å². The molecule has 1 heterocycles. The Kier molecular flexibility index (Phi) is 6.08. The number of rotatable bonds is 7. The first-order valence-corrected chi connectivity index (χ1v) is 8.80. The lowest BCUT2D eigenvalue weighted by molar-refractivity contribution is -0.122. The summed E-state index contributed by atoms with van der Waals surface area (Å²) in [4.78, 5) is 26.0. The van der Waals surface area contributed by atoms with E-state index in [1.807, 2.05) is 6.07 Å². The molecule has 28 heavy (non-hydrogen) atoms. The maximum atomic E-state index is 12.3. The van der Waals surface area contributed by atoms with Crippen LogP contribution in [-0.4, -0.2) is 31.6 Å². The zero-order chi connectivity index (χ0) is 20.1. The molecule has 1 aliphatic heterocycles. The minimum Gasteiger partial charge on any atom is -0.482 e. The van der Waals surface area contributed by atoms with Crippen molar-refractivity contribution in [2.75, 3.05) is 18.1 Å². The van der Waals surface area contributed by atoms with Crippen LogP contribution in [0.25, 0.3) is 0 Å². The molecule has 8 heteroatoms. The van der Waals surface area contributed by atoms with Gasteiger partial charge in [-0.3, -0.25) is 9.59 Å². The first-order valence-electron chi connectivity index (χ1n) is 8.80. The summed E-state index contributed by atoms with van der Waals surface area (Å²) < 4.78 is 34.1. The van der Waals surface area contributed by atoms with Gasteiger partial charge in [-0.2, -0.15) is 8.78 Å². The second kappa shape index (κ2) is 8.69. The van der Waals surface area contributed by atoms with E-state index < -0.39 is 6.61 Å². The number of fused-ring (bicyclic) bond motifs is 1. The number of amides is 2. The Hall–Kier alpha value is -3.16. The quantitative estimate of drug-likeness (QED) is 0.788. The Morgan fingerprint density at radius 2 is 1.93 bits per heavy atom. The summed E-state index contributed by atoms with van der Waals surface area (Å²) in [6, 6.07) is 12.9. The van der Waals surface area contributed by atoms with Crippen LogP contribution in [0.5, 0.6) is 11.5 Å². The largest absolute Gasteiger partial charge is 0.482 e. The second-order valence-electron chi connectivity index (χ2n) is 6.29. The molecule has 0 bridgehead atoms. The summed E-state index contributed by atoms with van der Waals surface area (Å²) in [5.74, 6) is 0.245. The maximum Gasteiger partial charge on any atom is 0.387 e. The molecule has 0 saturated heterocycles. The van der Waals surface area contributed by atoms with Gasteiger partial charge in [0, 0.05) is 13.0 Å². The van der Waals surface area contributed by atoms with Crippen LogP contribution in [0, 0.1) is 0 Å². The number of hydrogen-bond donors (Lipinski definition) is 1. The number of nitrogens with one attached hydrogen (secondary N) is 1. The Morgan fingerprint density at radius 3 is 2.64 bits per heavy atom. The fourth-order valence-electron chi connectivity index (χ4n) is 2.95. The zero-order valence-electron chi connectivity index (χ0n) is 15.2. The number of alkyl halides is 2. The number of anilines is 1. The van der Waals surface area contributed by atoms with E-state index in [0.29, 0.717) is 11.4 Å². The number of nitrogens with zero attached hydrogens (tertiary/aromatic N) is 1. The molecular formula is C20H20F2N2O4. The van der Waals surface area contributed by atoms with Crippen molar-refractivity contribution < 1.29 is 27.8 Å². The SMILES string of the molecule is C[C@@H](NC(=O)CCN1C(=O)COc2ccccc21)c1ccc(OC(F)F)cc1. The molecule has 0 spiro atoms. The van der Waals surface area contributed by atoms with E-state index in [1.54, 1.807) is 42.2 Å². The van der Waals surface area contributed by atoms with Gasteiger partial charge in [-0.25, -0.2) is 0 Å². The van der Waals surface area contributed by atoms with E-state index >= 15 is 0 Å². The molecule has 3 rings (SSSR count). The van der Waals surface area contributed by atoms with Crippen molar-refractivity contribution in [3.05, 3.63) is 54.1 Å². The van der Waals surface area contributed by atoms with Gasteiger partial charge in [-0.1, -0.05) is 24.3 Å². The number of halogens is 2. The number of para-hydroxylation sites is 2. The Bertz CT molecular complexity index is 842. The number of hydrogen-bond acceptors (Lipinski definition) is 4. The number of benzene rings is 2. The molecule has 2 amide bonds. The first kappa shape index (κ1) is 19.6. The summed E-state index contributed by atoms with van der Waals surface area (Å²) in [5, 5.41) is 2.84. The van der Waals surface area contributed by atoms with Gasteiger partial charge in [0.2, 0.25) is 5.91 Å². The molecule has 1 N–H and O–H groups in total. The Balaban J connectivity index is 1.55. The van der Waals surface area contributed by atoms with Crippen LogP contribution in [0.2, 0.25) is 0 Å². The third kappa shape index (κ3) is 4.76. The van der Waals surface area contributed by atoms with E-state index in [4.69, 9.17) is 4.74 Å². The predicted octanol–water partition coefficient (Wildman–Crippen LogP) is 3.28. The smallest absolute Gasteiger partial charge is 0.387 e. The van der Waals surface area contributed by atoms with Gasteiger partial charge in [0.1, 0.15) is 11.5 Å². The summed E-state index contributed by atoms with van der Waals surface area (Å²) in [7, 11) is 0. The molecular weight excluding hydrogens is 370 g/mol. The Labute approximate surface area is 161 Å². The third-order valence-electron chi connectivity index (χ3n) is 4.35. The van der Waals surface area contributed by atoms with Crippen LogP contribution < -0.4 is 19.7 Å². The van der Waals surface area contributed by atoms with Crippen molar-refractivity contribution in [3.8, 4) is 11.5 Å². The van der Waals surface area contributed by atoms with E-state index in [0.717, 1.165) is 5.56 Å². The van der Waals surface area contributed by atoms with Gasteiger partial charge in [-0.05, 0) is 36.8 Å². The standard InChI is InChI=1S/C20H20F2N2O4/c1-13(14-6-8-15(9-7-14)28-20(21)22)23-18(25)10-11-24-16-4-2-3-5-17(16)27-12-19(24)26/h2-9,13,20H,10-12H2,1H3,(H,23,25)/t13-/m1/s1. The van der Waals surface area contributed by atoms with Gasteiger partial charge in [0.15, 0.2) is 6.61 Å². The number of carbonyl (C=O) groups excluding carboxylic acids is 2. The molecule has 0 fully saturated rings. The minimum absolute atomic E-state index is 0.0535. The fraction of sp³-hybridized carbons (Fsp3) is 0.300. The van der Waals surface area contributed by atoms with Crippen molar-refractivity contribution in [2.45, 2.75) is 26.0 Å². The molecule has 1 atom stereocenters. The maximum absolute atomic E-state index is 12.3. The highest BCUT2D eigenvalue weighted by atomic mass is 19.3. The fourth-order valence-corrected chi connectivity index (χ4v) is 2.95. The highest BCUT2D eigenvalue weighted by molar-refractivity contribution is 5.98. The molecule has 148 valence electrons. The lowest BCUT2D eigenvalue weighted by Gasteiger charge is -2.29. The van der Waals surface area contributed by atoms with Crippen LogP contribution in [0.4, 0.5) is 14.5 Å². The topological polar surface area (TPSA) is 67.9 Å². The normalized spacial score (nSPS) is 14.3. The van der Waals surface area contributed by atoms with E-state index in [9.17, 15) is 18.4 Å². The third-order valence-corrected chi connectivity index (χ3v) is 4.35. The number of ether oxygens (including phenoxy) is 2. The first-order chi connectivity index (χ1) is 13.4. The molecule has 0 unspecified atom stereocenters. The highest BCUT2D eigenvalue weighted by Crippen LogP contribution is 2.31. The molecule has 6 nitrogen and oxygen atoms in total. The highest BCUT2D eigenvalue weighted by Gasteiger charge is 2.25. The molecule has 0 aromatic heterocycles. The monoisotopic (exact) mass is 390 g/mol. The van der Waals surface area contributed by atoms with E-state index in [1.165, 1.54) is 12.1 Å². The summed E-state index contributed by atoms with van der Waals surface area (Å²) in [6.07, 6.45) is 0.122. The zero-order valence-corrected chi connectivity index (χ0v) is 15.2. The molecule has 1 aliphatic rings. The van der Waals surface area contributed by atoms with Crippen LogP contribution in [-0.2, 0) is 9.59 Å². The summed E-state index contributed by atoms with van der Waals surface area (Å²) in [5.41, 5.74) is 1.40. The minimum atomic E-state index is -2.88. The predicted molar refractivity (Wildman–Crippen MR) is 98.5 cm³/mol. The Morgan fingerprint density at radius 1 is 1.21 bits per heavy atom. The molecule has 2 aromatic rings. The lowest BCUT2D eigenvalue weighted by atomic mass is 10.1. The van der Waals surface area contributed by atoms with Crippen LogP contribution >= 0.6 is 0 Å². The van der Waals surface area contributed by atoms with E-state index in [-0.39, 0.29) is 43.2 Å². The van der Waals surface area contributed by atoms with Crippen molar-refractivity contribution in [2.24, 2.45) is 0 Å². The van der Waals surface area contributed by atoms with Crippen LogP contribution in [0.3, 0.4) is 0 Å². The molecule has 0 radical (unpaired) electrons. The average Bonchev–Trinajstić information content (AvgIpc) is 2.67. The molecule has 2 aromatic carbocycles. The summed E-state index contributed by atoms with van der Waals surface area (Å²) in [6.45, 7) is -0.909. The van der Waals surface area contributed by atoms with E-state index in [2.05, 4.69) is 10.1 Å². The van der Waals surface area contributed by atoms with Gasteiger partial charge in [0.25, 0.3) is 5.91 Å². The molecule has 0 aliphatic carbocycles. The van der Waals surface area contributed by atoms with Crippen molar-refractivity contribution >= 4 is 17.5 Å². The van der Waals surface area contributed by atoms with Gasteiger partial charge in [-0.15, -0.1) is 0 Å². The van der Waals surface area contributed by atoms with Gasteiger partial charge >= 0.3 is 6.61 Å². The average molecular weight is 390 g/mol. The van der Waals surface area contributed by atoms with Gasteiger partial charge < -0.3 is 19.7 Å². The van der Waals surface area contributed by atoms with Crippen molar-refractivity contribution in [3.63, 3.8) is 0 Å². The van der Waals surface area contributed by atoms with Crippen LogP contribution in [0.15, 0.2) is 48.5 Å². The van der Waals surface area contributed by atoms with Crippen LogP contribution in [0.1, 0.15) is 24.9 Å². The second-order valence-corrected chi connectivity index (χ2v) is 6.29.